The molecule has 1 aromatic rings. The lowest BCUT2D eigenvalue weighted by Gasteiger charge is -2.41. The van der Waals surface area contributed by atoms with Gasteiger partial charge < -0.3 is 5.73 Å². The van der Waals surface area contributed by atoms with Crippen molar-refractivity contribution < 1.29 is 12.8 Å². The molecule has 4 nitrogen and oxygen atoms in total. The van der Waals surface area contributed by atoms with Crippen molar-refractivity contribution in [1.29, 1.82) is 0 Å². The van der Waals surface area contributed by atoms with E-state index in [0.29, 0.717) is 6.42 Å². The first-order chi connectivity index (χ1) is 9.16. The predicted octanol–water partition coefficient (Wildman–Crippen LogP) is 2.23. The molecule has 0 radical (unpaired) electrons. The summed E-state index contributed by atoms with van der Waals surface area (Å²) in [4.78, 5) is -0.451. The van der Waals surface area contributed by atoms with Crippen molar-refractivity contribution in [3.63, 3.8) is 0 Å². The van der Waals surface area contributed by atoms with Crippen LogP contribution in [0.2, 0.25) is 5.02 Å². The quantitative estimate of drug-likeness (QED) is 0.909. The molecule has 0 amide bonds. The summed E-state index contributed by atoms with van der Waals surface area (Å²) in [6.07, 6.45) is 0.540. The molecule has 1 heterocycles. The molecule has 1 aliphatic heterocycles. The zero-order valence-electron chi connectivity index (χ0n) is 11.4. The van der Waals surface area contributed by atoms with E-state index >= 15 is 0 Å². The Kier molecular flexibility index (Phi) is 4.12. The predicted molar refractivity (Wildman–Crippen MR) is 76.5 cm³/mol. The number of benzene rings is 1. The van der Waals surface area contributed by atoms with Gasteiger partial charge in [0.25, 0.3) is 0 Å². The molecule has 1 aliphatic rings. The van der Waals surface area contributed by atoms with Gasteiger partial charge >= 0.3 is 0 Å². The third-order valence-corrected chi connectivity index (χ3v) is 6.14. The van der Waals surface area contributed by atoms with Gasteiger partial charge in [0.2, 0.25) is 10.0 Å². The van der Waals surface area contributed by atoms with Crippen LogP contribution >= 0.6 is 11.6 Å². The molecule has 112 valence electrons. The number of rotatable bonds is 2. The van der Waals surface area contributed by atoms with Crippen molar-refractivity contribution in [1.82, 2.24) is 4.31 Å². The van der Waals surface area contributed by atoms with Crippen LogP contribution in [-0.2, 0) is 10.0 Å². The van der Waals surface area contributed by atoms with Crippen LogP contribution in [0.15, 0.2) is 23.1 Å². The normalized spacial score (nSPS) is 23.8. The fourth-order valence-electron chi connectivity index (χ4n) is 2.39. The van der Waals surface area contributed by atoms with Crippen molar-refractivity contribution in [2.24, 2.45) is 11.1 Å². The molecule has 0 bridgehead atoms. The number of hydrogen-bond acceptors (Lipinski definition) is 3. The number of halogens is 2. The molecular formula is C13H18ClFN2O2S. The summed E-state index contributed by atoms with van der Waals surface area (Å²) in [5.74, 6) is -0.829. The SMILES string of the molecule is CC1(C)CN(S(=O)(=O)c2c(F)cccc2Cl)CCC1N. The van der Waals surface area contributed by atoms with Crippen molar-refractivity contribution in [3.05, 3.63) is 29.0 Å². The minimum Gasteiger partial charge on any atom is -0.327 e. The van der Waals surface area contributed by atoms with Crippen LogP contribution in [0.4, 0.5) is 4.39 Å². The van der Waals surface area contributed by atoms with Gasteiger partial charge in [-0.2, -0.15) is 4.31 Å². The van der Waals surface area contributed by atoms with E-state index in [9.17, 15) is 12.8 Å². The summed E-state index contributed by atoms with van der Waals surface area (Å²) in [5, 5.41) is -0.0994. The van der Waals surface area contributed by atoms with Crippen LogP contribution in [0.5, 0.6) is 0 Å². The van der Waals surface area contributed by atoms with Crippen LogP contribution < -0.4 is 5.73 Å². The first-order valence-corrected chi connectivity index (χ1v) is 8.18. The van der Waals surface area contributed by atoms with Crippen LogP contribution in [-0.4, -0.2) is 31.9 Å². The molecule has 20 heavy (non-hydrogen) atoms. The largest absolute Gasteiger partial charge is 0.327 e. The highest BCUT2D eigenvalue weighted by atomic mass is 35.5. The van der Waals surface area contributed by atoms with Gasteiger partial charge in [-0.25, -0.2) is 12.8 Å². The van der Waals surface area contributed by atoms with Gasteiger partial charge in [0.05, 0.1) is 5.02 Å². The number of nitrogens with two attached hydrogens (primary N) is 1. The fourth-order valence-corrected chi connectivity index (χ4v) is 4.58. The van der Waals surface area contributed by atoms with E-state index < -0.39 is 20.7 Å². The summed E-state index contributed by atoms with van der Waals surface area (Å²) in [6.45, 7) is 4.34. The summed E-state index contributed by atoms with van der Waals surface area (Å²) in [5.41, 5.74) is 5.64. The zero-order chi connectivity index (χ0) is 15.1. The average molecular weight is 321 g/mol. The number of hydrogen-bond donors (Lipinski definition) is 1. The Balaban J connectivity index is 2.42. The van der Waals surface area contributed by atoms with Gasteiger partial charge in [-0.05, 0) is 24.0 Å². The van der Waals surface area contributed by atoms with Crippen molar-refractivity contribution >= 4 is 21.6 Å². The van der Waals surface area contributed by atoms with Crippen LogP contribution in [0.1, 0.15) is 20.3 Å². The first kappa shape index (κ1) is 15.7. The van der Waals surface area contributed by atoms with Crippen molar-refractivity contribution in [2.75, 3.05) is 13.1 Å². The average Bonchev–Trinajstić information content (AvgIpc) is 2.32. The number of nitrogens with zero attached hydrogens (tertiary/aromatic N) is 1. The molecule has 1 unspecified atom stereocenters. The fraction of sp³-hybridized carbons (Fsp3) is 0.538. The maximum Gasteiger partial charge on any atom is 0.247 e. The lowest BCUT2D eigenvalue weighted by Crippen LogP contribution is -2.53. The molecule has 0 saturated carbocycles. The first-order valence-electron chi connectivity index (χ1n) is 6.36. The van der Waals surface area contributed by atoms with E-state index in [0.717, 1.165) is 6.07 Å². The third kappa shape index (κ3) is 2.70. The molecule has 0 spiro atoms. The molecule has 0 aromatic heterocycles. The summed E-state index contributed by atoms with van der Waals surface area (Å²) < 4.78 is 40.3. The van der Waals surface area contributed by atoms with Crippen LogP contribution in [0.25, 0.3) is 0 Å². The molecule has 7 heteroatoms. The van der Waals surface area contributed by atoms with E-state index in [4.69, 9.17) is 17.3 Å². The van der Waals surface area contributed by atoms with Gasteiger partial charge in [-0.15, -0.1) is 0 Å². The van der Waals surface area contributed by atoms with Gasteiger partial charge in [-0.1, -0.05) is 31.5 Å². The Hall–Kier alpha value is -0.690. The van der Waals surface area contributed by atoms with E-state index in [1.165, 1.54) is 16.4 Å². The van der Waals surface area contributed by atoms with E-state index in [1.54, 1.807) is 0 Å². The molecule has 1 fully saturated rings. The smallest absolute Gasteiger partial charge is 0.247 e. The van der Waals surface area contributed by atoms with Crippen LogP contribution in [0.3, 0.4) is 0 Å². The number of sulfonamides is 1. The highest BCUT2D eigenvalue weighted by molar-refractivity contribution is 7.89. The van der Waals surface area contributed by atoms with E-state index in [2.05, 4.69) is 0 Å². The maximum atomic E-state index is 13.9. The topological polar surface area (TPSA) is 63.4 Å². The molecule has 1 aromatic carbocycles. The Morgan fingerprint density at radius 3 is 2.65 bits per heavy atom. The Labute approximate surface area is 123 Å². The van der Waals surface area contributed by atoms with Gasteiger partial charge in [-0.3, -0.25) is 0 Å². The third-order valence-electron chi connectivity index (χ3n) is 3.79. The van der Waals surface area contributed by atoms with Gasteiger partial charge in [0, 0.05) is 19.1 Å². The summed E-state index contributed by atoms with van der Waals surface area (Å²) in [7, 11) is -3.95. The van der Waals surface area contributed by atoms with Crippen molar-refractivity contribution in [3.8, 4) is 0 Å². The molecule has 1 saturated heterocycles. The Morgan fingerprint density at radius 2 is 2.10 bits per heavy atom. The Bertz CT molecular complexity index is 599. The highest BCUT2D eigenvalue weighted by Gasteiger charge is 2.40. The molecule has 2 rings (SSSR count). The monoisotopic (exact) mass is 320 g/mol. The molecule has 2 N–H and O–H groups in total. The highest BCUT2D eigenvalue weighted by Crippen LogP contribution is 2.34. The number of piperidine rings is 1. The lowest BCUT2D eigenvalue weighted by atomic mass is 9.81. The van der Waals surface area contributed by atoms with Crippen molar-refractivity contribution in [2.45, 2.75) is 31.2 Å². The second kappa shape index (κ2) is 5.26. The molecule has 1 atom stereocenters. The van der Waals surface area contributed by atoms with Gasteiger partial charge in [0.1, 0.15) is 10.7 Å². The molecular weight excluding hydrogens is 303 g/mol. The molecule has 0 aliphatic carbocycles. The van der Waals surface area contributed by atoms with E-state index in [1.807, 2.05) is 13.8 Å². The zero-order valence-corrected chi connectivity index (χ0v) is 13.0. The van der Waals surface area contributed by atoms with Crippen LogP contribution in [0, 0.1) is 11.2 Å². The second-order valence-corrected chi connectivity index (χ2v) is 8.06. The van der Waals surface area contributed by atoms with Gasteiger partial charge in [0.15, 0.2) is 0 Å². The minimum absolute atomic E-state index is 0.0787. The standard InChI is InChI=1S/C13H18ClFN2O2S/c1-13(2)8-17(7-6-11(13)16)20(18,19)12-9(14)4-3-5-10(12)15/h3-5,11H,6-8,16H2,1-2H3. The summed E-state index contributed by atoms with van der Waals surface area (Å²) in [6, 6.07) is 3.77. The Morgan fingerprint density at radius 1 is 1.45 bits per heavy atom. The second-order valence-electron chi connectivity index (χ2n) is 5.77. The maximum absolute atomic E-state index is 13.9. The lowest BCUT2D eigenvalue weighted by molar-refractivity contribution is 0.155. The summed E-state index contributed by atoms with van der Waals surface area (Å²) >= 11 is 5.86. The van der Waals surface area contributed by atoms with E-state index in [-0.39, 0.29) is 29.6 Å². The minimum atomic E-state index is -3.95.